The topological polar surface area (TPSA) is 11.4 Å². The van der Waals surface area contributed by atoms with Gasteiger partial charge in [-0.25, -0.2) is 0 Å². The number of anilines is 6. The van der Waals surface area contributed by atoms with E-state index in [0.29, 0.717) is 0 Å². The van der Waals surface area contributed by atoms with Gasteiger partial charge >= 0.3 is 0 Å². The Bertz CT molecular complexity index is 4800. The summed E-state index contributed by atoms with van der Waals surface area (Å²) in [6.07, 6.45) is 0. The molecular weight excluding hydrogens is 1230 g/mol. The lowest BCUT2D eigenvalue weighted by Crippen LogP contribution is -2.75. The van der Waals surface area contributed by atoms with E-state index >= 15 is 0 Å². The number of rotatable bonds is 7. The Morgan fingerprint density at radius 2 is 0.604 bits per heavy atom. The van der Waals surface area contributed by atoms with Gasteiger partial charge in [0.15, 0.2) is 8.07 Å². The highest BCUT2D eigenvalue weighted by Crippen LogP contribution is 2.55. The van der Waals surface area contributed by atoms with Gasteiger partial charge in [-0.15, -0.1) is 0 Å². The van der Waals surface area contributed by atoms with E-state index in [1.54, 1.807) is 0 Å². The van der Waals surface area contributed by atoms with Gasteiger partial charge in [-0.05, 0) is 191 Å². The third-order valence-corrected chi connectivity index (χ3v) is 27.1. The fourth-order valence-electron chi connectivity index (χ4n) is 16.5. The molecule has 10 aromatic carbocycles. The smallest absolute Gasteiger partial charge is 0.252 e. The average Bonchev–Trinajstić information content (AvgIpc) is 0.937. The Labute approximate surface area is 610 Å². The SMILES string of the molecule is CC(C)(C)c1cc2c3c(c1)N(c1c(C(C)(C)C)cc(C(C)(C)C)cc1C(C)(C)C)c1cc(-n4c5ccc(C(C)(C)C)cc5c5cc(C(C)(C)C)ccc54)ccc1B3c1cc([Si](c3ccccc3)(c3ccccc3)c3ccccc3)ccc1N2c1c(C(C)(C)C)cc(C(C)(C)C)cc1C(C)(C)C. The number of hydrogen-bond acceptors (Lipinski definition) is 2. The molecule has 0 atom stereocenters. The Hall–Kier alpha value is -8.12. The molecule has 13 rings (SSSR count). The number of fused-ring (bicyclic) bond motifs is 7. The molecule has 101 heavy (non-hydrogen) atoms. The van der Waals surface area contributed by atoms with Gasteiger partial charge in [0.25, 0.3) is 6.71 Å². The molecule has 0 radical (unpaired) electrons. The van der Waals surface area contributed by atoms with Crippen molar-refractivity contribution < 1.29 is 0 Å². The molecule has 0 saturated heterocycles. The normalized spacial score (nSPS) is 14.2. The van der Waals surface area contributed by atoms with Gasteiger partial charge in [-0.2, -0.15) is 0 Å². The molecule has 0 N–H and O–H groups in total. The molecule has 2 aliphatic rings. The standard InChI is InChI=1S/C96H114BN3Si/c1-88(2,3)61-43-48-79-71(51-61)72-52-62(89(4,5)6)44-49-80(72)98(79)66-45-47-77-82(59-66)100(87-75(95(22,23)24)55-64(91(10,11)12)56-76(87)96(25,26)27)84-58-65(92(13,14)15)57-83-85(84)97(77)78-60-70(101(67-37-31-28-32-38-67,68-39-33-29-34-40-68)69-41-35-30-36-42-69)46-50-81(78)99(83)86-73(93(16,17)18)53-63(90(7,8)9)54-74(86)94(19,20)21/h28-60H,1-27H3. The second kappa shape index (κ2) is 24.0. The minimum Gasteiger partial charge on any atom is -0.311 e. The maximum Gasteiger partial charge on any atom is 0.252 e. The van der Waals surface area contributed by atoms with Gasteiger partial charge in [0.05, 0.1) is 22.4 Å². The second-order valence-corrected chi connectivity index (χ2v) is 43.1. The van der Waals surface area contributed by atoms with E-state index in [9.17, 15) is 0 Å². The number of benzene rings is 10. The van der Waals surface area contributed by atoms with Crippen LogP contribution in [-0.2, 0) is 48.7 Å². The molecular formula is C96H114BN3Si. The average molecular weight is 1350 g/mol. The van der Waals surface area contributed by atoms with E-state index in [4.69, 9.17) is 0 Å². The Kier molecular flexibility index (Phi) is 16.9. The first kappa shape index (κ1) is 71.3. The summed E-state index contributed by atoms with van der Waals surface area (Å²) in [5.41, 5.74) is 25.6. The van der Waals surface area contributed by atoms with E-state index in [2.05, 4.69) is 401 Å². The van der Waals surface area contributed by atoms with Crippen molar-refractivity contribution in [2.75, 3.05) is 9.80 Å². The predicted molar refractivity (Wildman–Crippen MR) is 447 cm³/mol. The monoisotopic (exact) mass is 1350 g/mol. The summed E-state index contributed by atoms with van der Waals surface area (Å²) < 4.78 is 2.60. The molecule has 520 valence electrons. The first-order chi connectivity index (χ1) is 46.8. The van der Waals surface area contributed by atoms with Crippen molar-refractivity contribution >= 4 is 108 Å². The largest absolute Gasteiger partial charge is 0.311 e. The minimum atomic E-state index is -3.13. The fourth-order valence-corrected chi connectivity index (χ4v) is 21.3. The fraction of sp³-hybridized carbons (Fsp3) is 0.375. The Morgan fingerprint density at radius 3 is 0.950 bits per heavy atom. The summed E-state index contributed by atoms with van der Waals surface area (Å²) in [6, 6.07) is 80.6. The molecule has 11 aromatic rings. The molecule has 0 aliphatic carbocycles. The van der Waals surface area contributed by atoms with E-state index in [-0.39, 0.29) is 55.4 Å². The summed E-state index contributed by atoms with van der Waals surface area (Å²) >= 11 is 0. The maximum atomic E-state index is 2.84. The van der Waals surface area contributed by atoms with Crippen molar-refractivity contribution in [3.63, 3.8) is 0 Å². The molecule has 2 aliphatic heterocycles. The van der Waals surface area contributed by atoms with Crippen molar-refractivity contribution in [2.24, 2.45) is 0 Å². The van der Waals surface area contributed by atoms with Crippen LogP contribution < -0.4 is 46.9 Å². The van der Waals surface area contributed by atoms with Gasteiger partial charge in [0.2, 0.25) is 0 Å². The summed E-state index contributed by atoms with van der Waals surface area (Å²) in [4.78, 5) is 5.65. The highest BCUT2D eigenvalue weighted by molar-refractivity contribution is 7.20. The summed E-state index contributed by atoms with van der Waals surface area (Å²) in [7, 11) is -3.13. The molecule has 3 heterocycles. The van der Waals surface area contributed by atoms with Crippen LogP contribution in [0.2, 0.25) is 0 Å². The quantitative estimate of drug-likeness (QED) is 0.116. The highest BCUT2D eigenvalue weighted by Gasteiger charge is 2.50. The van der Waals surface area contributed by atoms with Gasteiger partial charge in [0, 0.05) is 39.2 Å². The first-order valence-electron chi connectivity index (χ1n) is 37.5. The van der Waals surface area contributed by atoms with Crippen molar-refractivity contribution in [3.8, 4) is 5.69 Å². The Morgan fingerprint density at radius 1 is 0.257 bits per heavy atom. The zero-order valence-corrected chi connectivity index (χ0v) is 67.5. The predicted octanol–water partition coefficient (Wildman–Crippen LogP) is 21.9. The van der Waals surface area contributed by atoms with Crippen LogP contribution in [-0.4, -0.2) is 19.4 Å². The van der Waals surface area contributed by atoms with Gasteiger partial charge in [-0.1, -0.05) is 333 Å². The number of nitrogens with zero attached hydrogens (tertiary/aromatic N) is 3. The maximum absolute atomic E-state index is 3.13. The molecule has 0 fully saturated rings. The number of aromatic nitrogens is 1. The molecule has 0 unspecified atom stereocenters. The van der Waals surface area contributed by atoms with Crippen LogP contribution in [0.25, 0.3) is 27.5 Å². The van der Waals surface area contributed by atoms with Crippen molar-refractivity contribution in [3.05, 3.63) is 250 Å². The van der Waals surface area contributed by atoms with Crippen LogP contribution in [0.4, 0.5) is 34.1 Å². The lowest BCUT2D eigenvalue weighted by atomic mass is 9.33. The van der Waals surface area contributed by atoms with Gasteiger partial charge in [0.1, 0.15) is 0 Å². The van der Waals surface area contributed by atoms with E-state index in [0.717, 1.165) is 5.69 Å². The minimum absolute atomic E-state index is 0.0392. The van der Waals surface area contributed by atoms with Gasteiger partial charge < -0.3 is 14.4 Å². The van der Waals surface area contributed by atoms with Crippen LogP contribution in [0.5, 0.6) is 0 Å². The first-order valence-corrected chi connectivity index (χ1v) is 39.5. The summed E-state index contributed by atoms with van der Waals surface area (Å²) in [6.45, 7) is 65.0. The Balaban J connectivity index is 1.28. The summed E-state index contributed by atoms with van der Waals surface area (Å²) in [5, 5.41) is 8.03. The van der Waals surface area contributed by atoms with E-state index in [1.165, 1.54) is 143 Å². The molecule has 0 amide bonds. The van der Waals surface area contributed by atoms with Crippen molar-refractivity contribution in [2.45, 2.75) is 236 Å². The van der Waals surface area contributed by atoms with E-state index in [1.807, 2.05) is 0 Å². The number of hydrogen-bond donors (Lipinski definition) is 0. The third kappa shape index (κ3) is 12.3. The molecule has 5 heteroatoms. The lowest BCUT2D eigenvalue weighted by Gasteiger charge is -2.49. The molecule has 0 saturated carbocycles. The van der Waals surface area contributed by atoms with Crippen molar-refractivity contribution in [1.82, 2.24) is 4.57 Å². The van der Waals surface area contributed by atoms with Crippen LogP contribution in [0.3, 0.4) is 0 Å². The zero-order valence-electron chi connectivity index (χ0n) is 66.5. The molecule has 0 bridgehead atoms. The van der Waals surface area contributed by atoms with E-state index < -0.39 is 8.07 Å². The highest BCUT2D eigenvalue weighted by atomic mass is 28.3. The van der Waals surface area contributed by atoms with Crippen LogP contribution in [0.1, 0.15) is 237 Å². The van der Waals surface area contributed by atoms with Crippen LogP contribution >= 0.6 is 0 Å². The molecule has 0 spiro atoms. The lowest BCUT2D eigenvalue weighted by molar-refractivity contribution is 0.549. The molecule has 1 aromatic heterocycles. The second-order valence-electron chi connectivity index (χ2n) is 39.3. The van der Waals surface area contributed by atoms with Crippen LogP contribution in [0.15, 0.2) is 200 Å². The zero-order chi connectivity index (χ0) is 73.2. The van der Waals surface area contributed by atoms with Crippen molar-refractivity contribution in [1.29, 1.82) is 0 Å². The van der Waals surface area contributed by atoms with Gasteiger partial charge in [-0.3, -0.25) is 0 Å². The summed E-state index contributed by atoms with van der Waals surface area (Å²) in [5.74, 6) is 0. The molecule has 3 nitrogen and oxygen atoms in total. The van der Waals surface area contributed by atoms with Crippen LogP contribution in [0, 0.1) is 0 Å². The third-order valence-electron chi connectivity index (χ3n) is 22.4.